The van der Waals surface area contributed by atoms with Gasteiger partial charge in [-0.3, -0.25) is 4.79 Å². The summed E-state index contributed by atoms with van der Waals surface area (Å²) in [7, 11) is 1.57. The first-order chi connectivity index (χ1) is 10.7. The molecule has 0 N–H and O–H groups in total. The second-order valence-electron chi connectivity index (χ2n) is 5.19. The maximum absolute atomic E-state index is 11.9. The van der Waals surface area contributed by atoms with Gasteiger partial charge in [0.15, 0.2) is 11.5 Å². The van der Waals surface area contributed by atoms with Crippen LogP contribution in [0.25, 0.3) is 0 Å². The lowest BCUT2D eigenvalue weighted by Gasteiger charge is -2.10. The fraction of sp³-hybridized carbons (Fsp3) is 0.421. The Balaban J connectivity index is 2.43. The summed E-state index contributed by atoms with van der Waals surface area (Å²) in [5.41, 5.74) is 1.08. The number of carbonyl (C=O) groups excluding carboxylic acids is 1. The summed E-state index contributed by atoms with van der Waals surface area (Å²) in [6, 6.07) is 5.57. The molecule has 1 aromatic carbocycles. The van der Waals surface area contributed by atoms with Gasteiger partial charge in [-0.05, 0) is 43.4 Å². The van der Waals surface area contributed by atoms with Gasteiger partial charge < -0.3 is 9.47 Å². The molecule has 0 aliphatic heterocycles. The number of benzene rings is 1. The molecule has 0 heterocycles. The minimum Gasteiger partial charge on any atom is -0.493 e. The van der Waals surface area contributed by atoms with E-state index in [1.165, 1.54) is 0 Å². The van der Waals surface area contributed by atoms with E-state index in [9.17, 15) is 4.79 Å². The van der Waals surface area contributed by atoms with Gasteiger partial charge >= 0.3 is 5.97 Å². The van der Waals surface area contributed by atoms with Crippen LogP contribution in [-0.2, 0) is 11.2 Å². The third kappa shape index (κ3) is 6.61. The van der Waals surface area contributed by atoms with Gasteiger partial charge in [-0.15, -0.1) is 13.2 Å². The molecular weight excluding hydrogens is 276 g/mol. The standard InChI is InChI=1S/C19H26O3/c1-4-6-7-8-9-10-12-19(20)22-17-14-13-16(11-5-2)15-18(17)21-3/h4-5,13-15H,1-2,6-12H2,3H3. The maximum atomic E-state index is 11.9. The Bertz CT molecular complexity index is 491. The summed E-state index contributed by atoms with van der Waals surface area (Å²) in [6.07, 6.45) is 10.1. The summed E-state index contributed by atoms with van der Waals surface area (Å²) in [5.74, 6) is 0.851. The predicted molar refractivity (Wildman–Crippen MR) is 90.4 cm³/mol. The van der Waals surface area contributed by atoms with Gasteiger partial charge in [0.2, 0.25) is 0 Å². The molecule has 0 unspecified atom stereocenters. The number of rotatable bonds is 11. The second-order valence-corrected chi connectivity index (χ2v) is 5.19. The van der Waals surface area contributed by atoms with Crippen LogP contribution in [-0.4, -0.2) is 13.1 Å². The lowest BCUT2D eigenvalue weighted by Crippen LogP contribution is -2.08. The zero-order chi connectivity index (χ0) is 16.2. The molecule has 0 saturated heterocycles. The molecule has 0 fully saturated rings. The summed E-state index contributed by atoms with van der Waals surface area (Å²) < 4.78 is 10.7. The molecule has 0 aliphatic carbocycles. The predicted octanol–water partition coefficient (Wildman–Crippen LogP) is 4.86. The number of hydrogen-bond acceptors (Lipinski definition) is 3. The Morgan fingerprint density at radius 1 is 1.09 bits per heavy atom. The molecule has 3 nitrogen and oxygen atoms in total. The Labute approximate surface area is 133 Å². The van der Waals surface area contributed by atoms with Crippen LogP contribution in [0.4, 0.5) is 0 Å². The van der Waals surface area contributed by atoms with Crippen molar-refractivity contribution in [2.75, 3.05) is 7.11 Å². The Morgan fingerprint density at radius 2 is 1.86 bits per heavy atom. The van der Waals surface area contributed by atoms with Crippen molar-refractivity contribution < 1.29 is 14.3 Å². The Hall–Kier alpha value is -2.03. The number of methoxy groups -OCH3 is 1. The van der Waals surface area contributed by atoms with Gasteiger partial charge in [0.05, 0.1) is 7.11 Å². The van der Waals surface area contributed by atoms with Crippen molar-refractivity contribution in [1.29, 1.82) is 0 Å². The Kier molecular flexibility index (Phi) is 8.73. The monoisotopic (exact) mass is 302 g/mol. The first kappa shape index (κ1) is 18.0. The molecule has 0 spiro atoms. The van der Waals surface area contributed by atoms with Gasteiger partial charge in [0.25, 0.3) is 0 Å². The topological polar surface area (TPSA) is 35.5 Å². The number of hydrogen-bond donors (Lipinski definition) is 0. The van der Waals surface area contributed by atoms with E-state index in [1.807, 2.05) is 24.3 Å². The smallest absolute Gasteiger partial charge is 0.311 e. The maximum Gasteiger partial charge on any atom is 0.311 e. The molecular formula is C19H26O3. The van der Waals surface area contributed by atoms with Crippen LogP contribution in [0.3, 0.4) is 0 Å². The number of carbonyl (C=O) groups is 1. The van der Waals surface area contributed by atoms with Crippen molar-refractivity contribution in [2.24, 2.45) is 0 Å². The molecule has 0 bridgehead atoms. The largest absolute Gasteiger partial charge is 0.493 e. The molecule has 0 aromatic heterocycles. The van der Waals surface area contributed by atoms with Crippen LogP contribution < -0.4 is 9.47 Å². The van der Waals surface area contributed by atoms with Crippen molar-refractivity contribution in [3.8, 4) is 11.5 Å². The fourth-order valence-electron chi connectivity index (χ4n) is 2.18. The molecule has 120 valence electrons. The number of allylic oxidation sites excluding steroid dienone is 2. The van der Waals surface area contributed by atoms with Crippen LogP contribution >= 0.6 is 0 Å². The van der Waals surface area contributed by atoms with E-state index in [-0.39, 0.29) is 5.97 Å². The molecule has 3 heteroatoms. The first-order valence-electron chi connectivity index (χ1n) is 7.80. The highest BCUT2D eigenvalue weighted by atomic mass is 16.6. The quantitative estimate of drug-likeness (QED) is 0.253. The molecule has 0 amide bonds. The van der Waals surface area contributed by atoms with Crippen LogP contribution in [0.5, 0.6) is 11.5 Å². The molecule has 1 rings (SSSR count). The van der Waals surface area contributed by atoms with Crippen molar-refractivity contribution >= 4 is 5.97 Å². The number of esters is 1. The summed E-state index contributed by atoms with van der Waals surface area (Å²) >= 11 is 0. The van der Waals surface area contributed by atoms with Crippen molar-refractivity contribution in [3.63, 3.8) is 0 Å². The van der Waals surface area contributed by atoms with Crippen molar-refractivity contribution in [3.05, 3.63) is 49.1 Å². The molecule has 0 aliphatic rings. The van der Waals surface area contributed by atoms with Crippen molar-refractivity contribution in [2.45, 2.75) is 44.9 Å². The van der Waals surface area contributed by atoms with E-state index in [2.05, 4.69) is 13.2 Å². The SMILES string of the molecule is C=CCCCCCCC(=O)Oc1ccc(CC=C)cc1OC. The molecule has 0 atom stereocenters. The zero-order valence-electron chi connectivity index (χ0n) is 13.5. The third-order valence-corrected chi connectivity index (χ3v) is 3.37. The van der Waals surface area contributed by atoms with Crippen LogP contribution in [0.1, 0.15) is 44.1 Å². The molecule has 0 saturated carbocycles. The fourth-order valence-corrected chi connectivity index (χ4v) is 2.18. The summed E-state index contributed by atoms with van der Waals surface area (Å²) in [6.45, 7) is 7.41. The van der Waals surface area contributed by atoms with E-state index in [0.717, 1.165) is 44.1 Å². The minimum absolute atomic E-state index is 0.210. The van der Waals surface area contributed by atoms with Gasteiger partial charge in [0.1, 0.15) is 0 Å². The summed E-state index contributed by atoms with van der Waals surface area (Å²) in [5, 5.41) is 0. The normalized spacial score (nSPS) is 10.0. The number of unbranched alkanes of at least 4 members (excludes halogenated alkanes) is 4. The molecule has 1 aromatic rings. The lowest BCUT2D eigenvalue weighted by molar-refractivity contribution is -0.134. The van der Waals surface area contributed by atoms with E-state index in [0.29, 0.717) is 17.9 Å². The average Bonchev–Trinajstić information content (AvgIpc) is 2.52. The highest BCUT2D eigenvalue weighted by molar-refractivity contribution is 5.73. The molecule has 22 heavy (non-hydrogen) atoms. The van der Waals surface area contributed by atoms with Gasteiger partial charge in [-0.2, -0.15) is 0 Å². The first-order valence-corrected chi connectivity index (χ1v) is 7.80. The van der Waals surface area contributed by atoms with Crippen LogP contribution in [0, 0.1) is 0 Å². The third-order valence-electron chi connectivity index (χ3n) is 3.37. The minimum atomic E-state index is -0.210. The molecule has 0 radical (unpaired) electrons. The van der Waals surface area contributed by atoms with Gasteiger partial charge in [0, 0.05) is 6.42 Å². The van der Waals surface area contributed by atoms with E-state index < -0.39 is 0 Å². The lowest BCUT2D eigenvalue weighted by atomic mass is 10.1. The number of ether oxygens (including phenoxy) is 2. The average molecular weight is 302 g/mol. The van der Waals surface area contributed by atoms with E-state index in [1.54, 1.807) is 13.2 Å². The van der Waals surface area contributed by atoms with Gasteiger partial charge in [-0.25, -0.2) is 0 Å². The van der Waals surface area contributed by atoms with Crippen LogP contribution in [0.2, 0.25) is 0 Å². The summed E-state index contributed by atoms with van der Waals surface area (Å²) in [4.78, 5) is 11.9. The second kappa shape index (κ2) is 10.7. The van der Waals surface area contributed by atoms with Crippen molar-refractivity contribution in [1.82, 2.24) is 0 Å². The van der Waals surface area contributed by atoms with E-state index >= 15 is 0 Å². The highest BCUT2D eigenvalue weighted by Gasteiger charge is 2.10. The highest BCUT2D eigenvalue weighted by Crippen LogP contribution is 2.28. The van der Waals surface area contributed by atoms with Gasteiger partial charge in [-0.1, -0.05) is 31.1 Å². The van der Waals surface area contributed by atoms with E-state index in [4.69, 9.17) is 9.47 Å². The zero-order valence-corrected chi connectivity index (χ0v) is 13.5. The Morgan fingerprint density at radius 3 is 2.55 bits per heavy atom. The van der Waals surface area contributed by atoms with Crippen LogP contribution in [0.15, 0.2) is 43.5 Å².